The summed E-state index contributed by atoms with van der Waals surface area (Å²) in [5.74, 6) is 0. The Morgan fingerprint density at radius 2 is 1.74 bits per heavy atom. The molecule has 0 aliphatic carbocycles. The highest BCUT2D eigenvalue weighted by Crippen LogP contribution is 2.38. The SMILES string of the molecule is C=CCOC(=O)NCc1ccc([C@H]2O[C@@H](CN3CCOCC3)C[C@@H](c3ccc(CO)cc3)O2)cc1. The Morgan fingerprint density at radius 1 is 1.06 bits per heavy atom. The Labute approximate surface area is 206 Å². The Balaban J connectivity index is 1.44. The number of amides is 1. The van der Waals surface area contributed by atoms with Gasteiger partial charge < -0.3 is 29.4 Å². The predicted octanol–water partition coefficient (Wildman–Crippen LogP) is 3.47. The Hall–Kier alpha value is -2.75. The van der Waals surface area contributed by atoms with E-state index in [1.165, 1.54) is 6.08 Å². The van der Waals surface area contributed by atoms with E-state index in [0.717, 1.165) is 61.5 Å². The van der Waals surface area contributed by atoms with Gasteiger partial charge in [-0.3, -0.25) is 4.90 Å². The minimum Gasteiger partial charge on any atom is -0.445 e. The van der Waals surface area contributed by atoms with Gasteiger partial charge in [-0.1, -0.05) is 61.2 Å². The molecule has 2 aliphatic heterocycles. The monoisotopic (exact) mass is 482 g/mol. The lowest BCUT2D eigenvalue weighted by Crippen LogP contribution is -2.44. The third-order valence-corrected chi connectivity index (χ3v) is 6.20. The van der Waals surface area contributed by atoms with Crippen LogP contribution in [0.4, 0.5) is 4.79 Å². The van der Waals surface area contributed by atoms with Crippen molar-refractivity contribution in [3.8, 4) is 0 Å². The van der Waals surface area contributed by atoms with Crippen molar-refractivity contribution in [3.05, 3.63) is 83.4 Å². The molecule has 1 amide bonds. The molecule has 2 saturated heterocycles. The molecule has 0 radical (unpaired) electrons. The number of aliphatic hydroxyl groups is 1. The number of rotatable bonds is 9. The van der Waals surface area contributed by atoms with Crippen molar-refractivity contribution >= 4 is 6.09 Å². The van der Waals surface area contributed by atoms with Crippen LogP contribution in [-0.2, 0) is 32.1 Å². The third-order valence-electron chi connectivity index (χ3n) is 6.20. The molecular formula is C27H34N2O6. The van der Waals surface area contributed by atoms with Gasteiger partial charge >= 0.3 is 6.09 Å². The molecule has 8 heteroatoms. The molecule has 35 heavy (non-hydrogen) atoms. The number of hydrogen-bond donors (Lipinski definition) is 2. The van der Waals surface area contributed by atoms with Crippen molar-refractivity contribution in [1.82, 2.24) is 10.2 Å². The summed E-state index contributed by atoms with van der Waals surface area (Å²) in [7, 11) is 0. The first-order chi connectivity index (χ1) is 17.1. The summed E-state index contributed by atoms with van der Waals surface area (Å²) in [6.07, 6.45) is 1.19. The summed E-state index contributed by atoms with van der Waals surface area (Å²) in [4.78, 5) is 14.0. The quantitative estimate of drug-likeness (QED) is 0.529. The van der Waals surface area contributed by atoms with E-state index in [1.54, 1.807) is 0 Å². The van der Waals surface area contributed by atoms with Crippen molar-refractivity contribution in [2.45, 2.75) is 38.1 Å². The maximum Gasteiger partial charge on any atom is 0.407 e. The number of carbonyl (C=O) groups is 1. The molecule has 188 valence electrons. The molecule has 0 bridgehead atoms. The summed E-state index contributed by atoms with van der Waals surface area (Å²) in [5.41, 5.74) is 3.81. The zero-order valence-corrected chi connectivity index (χ0v) is 19.9. The summed E-state index contributed by atoms with van der Waals surface area (Å²) >= 11 is 0. The van der Waals surface area contributed by atoms with Crippen LogP contribution < -0.4 is 5.32 Å². The number of carbonyl (C=O) groups excluding carboxylic acids is 1. The van der Waals surface area contributed by atoms with Crippen LogP contribution in [0.25, 0.3) is 0 Å². The minimum atomic E-state index is -0.503. The lowest BCUT2D eigenvalue weighted by atomic mass is 9.99. The Kier molecular flexibility index (Phi) is 9.28. The number of benzene rings is 2. The number of morpholine rings is 1. The molecule has 2 heterocycles. The molecule has 0 saturated carbocycles. The van der Waals surface area contributed by atoms with Crippen molar-refractivity contribution in [3.63, 3.8) is 0 Å². The second kappa shape index (κ2) is 12.8. The predicted molar refractivity (Wildman–Crippen MR) is 131 cm³/mol. The van der Waals surface area contributed by atoms with Crippen LogP contribution in [0.1, 0.15) is 41.1 Å². The molecule has 8 nitrogen and oxygen atoms in total. The molecule has 3 atom stereocenters. The van der Waals surface area contributed by atoms with Crippen LogP contribution >= 0.6 is 0 Å². The fraction of sp³-hybridized carbons (Fsp3) is 0.444. The number of hydrogen-bond acceptors (Lipinski definition) is 7. The average Bonchev–Trinajstić information content (AvgIpc) is 2.91. The van der Waals surface area contributed by atoms with Crippen LogP contribution in [0.5, 0.6) is 0 Å². The topological polar surface area (TPSA) is 89.5 Å². The molecule has 2 aliphatic rings. The molecular weight excluding hydrogens is 448 g/mol. The zero-order chi connectivity index (χ0) is 24.5. The first kappa shape index (κ1) is 25.3. The normalized spacial score (nSPS) is 22.9. The van der Waals surface area contributed by atoms with Crippen LogP contribution in [0, 0.1) is 0 Å². The maximum absolute atomic E-state index is 11.7. The Morgan fingerprint density at radius 3 is 2.43 bits per heavy atom. The minimum absolute atomic E-state index is 0.00958. The summed E-state index contributed by atoms with van der Waals surface area (Å²) in [6.45, 7) is 8.20. The summed E-state index contributed by atoms with van der Waals surface area (Å²) in [5, 5.41) is 12.1. The van der Waals surface area contributed by atoms with E-state index in [2.05, 4.69) is 16.8 Å². The number of nitrogens with zero attached hydrogens (tertiary/aromatic N) is 1. The number of nitrogens with one attached hydrogen (secondary N) is 1. The molecule has 4 rings (SSSR count). The van der Waals surface area contributed by atoms with Gasteiger partial charge in [-0.25, -0.2) is 4.79 Å². The van der Waals surface area contributed by atoms with E-state index in [-0.39, 0.29) is 25.4 Å². The first-order valence-electron chi connectivity index (χ1n) is 12.1. The molecule has 0 unspecified atom stereocenters. The van der Waals surface area contributed by atoms with E-state index in [4.69, 9.17) is 18.9 Å². The molecule has 2 N–H and O–H groups in total. The van der Waals surface area contributed by atoms with Crippen LogP contribution in [0.3, 0.4) is 0 Å². The van der Waals surface area contributed by atoms with E-state index in [1.807, 2.05) is 48.5 Å². The summed E-state index contributed by atoms with van der Waals surface area (Å²) < 4.78 is 23.2. The van der Waals surface area contributed by atoms with Crippen molar-refractivity contribution in [2.75, 3.05) is 39.5 Å². The van der Waals surface area contributed by atoms with Gasteiger partial charge in [0.1, 0.15) is 6.61 Å². The molecule has 0 spiro atoms. The zero-order valence-electron chi connectivity index (χ0n) is 19.9. The highest BCUT2D eigenvalue weighted by molar-refractivity contribution is 5.67. The van der Waals surface area contributed by atoms with E-state index in [9.17, 15) is 9.90 Å². The van der Waals surface area contributed by atoms with Gasteiger partial charge in [0.25, 0.3) is 0 Å². The summed E-state index contributed by atoms with van der Waals surface area (Å²) in [6, 6.07) is 15.7. The van der Waals surface area contributed by atoms with Gasteiger partial charge in [-0.15, -0.1) is 0 Å². The van der Waals surface area contributed by atoms with Gasteiger partial charge in [-0.05, 0) is 16.7 Å². The lowest BCUT2D eigenvalue weighted by molar-refractivity contribution is -0.253. The number of alkyl carbamates (subject to hydrolysis) is 1. The van der Waals surface area contributed by atoms with E-state index < -0.39 is 12.4 Å². The smallest absolute Gasteiger partial charge is 0.407 e. The number of ether oxygens (including phenoxy) is 4. The standard InChI is InChI=1S/C27H34N2O6/c1-2-13-33-27(31)28-17-20-3-9-23(10-4-20)26-34-24(18-29-11-14-32-15-12-29)16-25(35-26)22-7-5-21(19-30)6-8-22/h2-10,24-26,30H,1,11-19H2,(H,28,31)/t24-,25+,26+/m1/s1. The second-order valence-corrected chi connectivity index (χ2v) is 8.75. The van der Waals surface area contributed by atoms with Crippen LogP contribution in [0.15, 0.2) is 61.2 Å². The largest absolute Gasteiger partial charge is 0.445 e. The van der Waals surface area contributed by atoms with Gasteiger partial charge in [0.2, 0.25) is 0 Å². The van der Waals surface area contributed by atoms with E-state index in [0.29, 0.717) is 6.54 Å². The molecule has 2 fully saturated rings. The van der Waals surface area contributed by atoms with Gasteiger partial charge in [0.05, 0.1) is 32.0 Å². The number of aliphatic hydroxyl groups excluding tert-OH is 1. The van der Waals surface area contributed by atoms with Crippen molar-refractivity contribution in [1.29, 1.82) is 0 Å². The Bertz CT molecular complexity index is 943. The maximum atomic E-state index is 11.7. The first-order valence-corrected chi connectivity index (χ1v) is 12.1. The van der Waals surface area contributed by atoms with Crippen molar-refractivity contribution in [2.24, 2.45) is 0 Å². The van der Waals surface area contributed by atoms with Gasteiger partial charge in [-0.2, -0.15) is 0 Å². The van der Waals surface area contributed by atoms with Gasteiger partial charge in [0, 0.05) is 38.2 Å². The highest BCUT2D eigenvalue weighted by Gasteiger charge is 2.33. The fourth-order valence-electron chi connectivity index (χ4n) is 4.26. The average molecular weight is 483 g/mol. The van der Waals surface area contributed by atoms with Crippen LogP contribution in [-0.4, -0.2) is 61.7 Å². The van der Waals surface area contributed by atoms with Crippen LogP contribution in [0.2, 0.25) is 0 Å². The van der Waals surface area contributed by atoms with E-state index >= 15 is 0 Å². The third kappa shape index (κ3) is 7.37. The molecule has 2 aromatic rings. The molecule has 0 aromatic heterocycles. The molecule has 2 aromatic carbocycles. The van der Waals surface area contributed by atoms with Crippen molar-refractivity contribution < 1.29 is 28.8 Å². The second-order valence-electron chi connectivity index (χ2n) is 8.75. The fourth-order valence-corrected chi connectivity index (χ4v) is 4.26. The lowest BCUT2D eigenvalue weighted by Gasteiger charge is -2.39. The highest BCUT2D eigenvalue weighted by atomic mass is 16.7. The van der Waals surface area contributed by atoms with Gasteiger partial charge in [0.15, 0.2) is 6.29 Å².